The van der Waals surface area contributed by atoms with Crippen molar-refractivity contribution in [1.82, 2.24) is 0 Å². The maximum absolute atomic E-state index is 2.55. The molecule has 0 aromatic carbocycles. The first-order valence-electron chi connectivity index (χ1n) is 11.3. The highest BCUT2D eigenvalue weighted by Gasteiger charge is 2.17. The van der Waals surface area contributed by atoms with E-state index in [1.807, 2.05) is 0 Å². The largest absolute Gasteiger partial charge is 0.525 e. The van der Waals surface area contributed by atoms with Crippen molar-refractivity contribution in [3.63, 3.8) is 0 Å². The Hall–Kier alpha value is 0.611. The van der Waals surface area contributed by atoms with Crippen molar-refractivity contribution in [2.45, 2.75) is 123 Å². The van der Waals surface area contributed by atoms with Crippen LogP contribution >= 0.6 is 0 Å². The highest BCUT2D eigenvalue weighted by atomic mass is 28.4. The van der Waals surface area contributed by atoms with Gasteiger partial charge in [-0.1, -0.05) is 96.8 Å². The molecular formula is C20H50NSi3+. The summed E-state index contributed by atoms with van der Waals surface area (Å²) < 4.78 is 1.60. The standard InChI is InChI=1S/C20H50NSi3/c1-4-5-6-7-8-9-10-11-12-13-14-15-16-17-18-19-20-21(22,23)24(2)3/h24H,4-20H2,1-3,22-23H3/q+1. The van der Waals surface area contributed by atoms with Gasteiger partial charge in [0.2, 0.25) is 29.8 Å². The quantitative estimate of drug-likeness (QED) is 0.237. The summed E-state index contributed by atoms with van der Waals surface area (Å²) in [6.45, 7) is 8.93. The van der Waals surface area contributed by atoms with E-state index in [9.17, 15) is 0 Å². The van der Waals surface area contributed by atoms with E-state index >= 15 is 0 Å². The lowest BCUT2D eigenvalue weighted by Gasteiger charge is -2.39. The molecule has 0 N–H and O–H groups in total. The molecule has 0 saturated heterocycles. The topological polar surface area (TPSA) is 0 Å². The molecule has 0 bridgehead atoms. The van der Waals surface area contributed by atoms with E-state index in [4.69, 9.17) is 0 Å². The molecule has 146 valence electrons. The molecular weight excluding hydrogens is 338 g/mol. The van der Waals surface area contributed by atoms with Gasteiger partial charge in [0.15, 0.2) is 0 Å². The van der Waals surface area contributed by atoms with Crippen molar-refractivity contribution in [1.29, 1.82) is 0 Å². The average Bonchev–Trinajstić information content (AvgIpc) is 2.54. The summed E-state index contributed by atoms with van der Waals surface area (Å²) in [4.78, 5) is 0. The summed E-state index contributed by atoms with van der Waals surface area (Å²) in [6, 6.07) is 0. The SMILES string of the molecule is CCCCCCCCCCCCCCCCCC[N+]([SiH3])([SiH3])[SiH](C)C. The highest BCUT2D eigenvalue weighted by molar-refractivity contribution is 6.56. The van der Waals surface area contributed by atoms with Gasteiger partial charge in [-0.2, -0.15) is 0 Å². The maximum atomic E-state index is 2.55. The van der Waals surface area contributed by atoms with Crippen LogP contribution in [0, 0.1) is 0 Å². The first-order valence-corrected chi connectivity index (χ1v) is 15.9. The fourth-order valence-electron chi connectivity index (χ4n) is 3.33. The summed E-state index contributed by atoms with van der Waals surface area (Å²) in [7, 11) is 2.42. The van der Waals surface area contributed by atoms with Crippen LogP contribution in [0.5, 0.6) is 0 Å². The lowest BCUT2D eigenvalue weighted by Crippen LogP contribution is -2.52. The lowest BCUT2D eigenvalue weighted by molar-refractivity contribution is -0.569. The molecule has 0 heterocycles. The molecule has 0 unspecified atom stereocenters. The van der Waals surface area contributed by atoms with Crippen LogP contribution < -0.4 is 0 Å². The third kappa shape index (κ3) is 16.1. The molecule has 0 aliphatic rings. The van der Waals surface area contributed by atoms with Gasteiger partial charge < -0.3 is 3.48 Å². The van der Waals surface area contributed by atoms with Crippen LogP contribution in [-0.2, 0) is 0 Å². The predicted molar refractivity (Wildman–Crippen MR) is 123 cm³/mol. The number of unbranched alkanes of at least 4 members (excludes halogenated alkanes) is 15. The van der Waals surface area contributed by atoms with E-state index in [0.29, 0.717) is 0 Å². The number of nitrogens with zero attached hydrogens (tertiary/aromatic N) is 1. The van der Waals surface area contributed by atoms with Crippen LogP contribution in [0.1, 0.15) is 110 Å². The zero-order chi connectivity index (χ0) is 18.1. The molecule has 0 saturated carbocycles. The first-order chi connectivity index (χ1) is 11.5. The molecule has 0 amide bonds. The van der Waals surface area contributed by atoms with Crippen molar-refractivity contribution in [3.05, 3.63) is 0 Å². The number of rotatable bonds is 18. The molecule has 0 atom stereocenters. The summed E-state index contributed by atoms with van der Waals surface area (Å²) in [5.41, 5.74) is 0. The van der Waals surface area contributed by atoms with Crippen LogP contribution in [0.2, 0.25) is 13.1 Å². The van der Waals surface area contributed by atoms with Gasteiger partial charge in [0.25, 0.3) is 0 Å². The number of quaternary nitrogens is 1. The lowest BCUT2D eigenvalue weighted by atomic mass is 10.0. The van der Waals surface area contributed by atoms with Gasteiger partial charge in [0.1, 0.15) is 0 Å². The predicted octanol–water partition coefficient (Wildman–Crippen LogP) is 4.61. The molecule has 0 radical (unpaired) electrons. The van der Waals surface area contributed by atoms with Crippen LogP contribution in [0.25, 0.3) is 0 Å². The van der Waals surface area contributed by atoms with Crippen molar-refractivity contribution < 1.29 is 3.48 Å². The summed E-state index contributed by atoms with van der Waals surface area (Å²) in [5, 5.41) is 0. The maximum Gasteiger partial charge on any atom is 0.229 e. The van der Waals surface area contributed by atoms with E-state index in [2.05, 4.69) is 20.0 Å². The Morgan fingerprint density at radius 3 is 1.12 bits per heavy atom. The zero-order valence-electron chi connectivity index (χ0n) is 18.0. The Bertz CT molecular complexity index is 257. The van der Waals surface area contributed by atoms with Gasteiger partial charge in [-0.05, 0) is 25.9 Å². The van der Waals surface area contributed by atoms with E-state index in [1.54, 1.807) is 3.48 Å². The summed E-state index contributed by atoms with van der Waals surface area (Å²) >= 11 is 0. The molecule has 4 heteroatoms. The smallest absolute Gasteiger partial charge is 0.229 e. The van der Waals surface area contributed by atoms with Gasteiger partial charge in [0.05, 0.1) is 0 Å². The summed E-state index contributed by atoms with van der Waals surface area (Å²) in [5.74, 6) is 0. The van der Waals surface area contributed by atoms with Crippen LogP contribution in [-0.4, -0.2) is 39.8 Å². The minimum Gasteiger partial charge on any atom is -0.525 e. The average molecular weight is 389 g/mol. The van der Waals surface area contributed by atoms with Gasteiger partial charge >= 0.3 is 0 Å². The normalized spacial score (nSPS) is 14.5. The molecule has 0 aromatic rings. The van der Waals surface area contributed by atoms with Crippen LogP contribution in [0.3, 0.4) is 0 Å². The van der Waals surface area contributed by atoms with E-state index in [0.717, 1.165) is 0 Å². The fourth-order valence-corrected chi connectivity index (χ4v) is 4.66. The van der Waals surface area contributed by atoms with Gasteiger partial charge in [-0.25, -0.2) is 0 Å². The van der Waals surface area contributed by atoms with Crippen molar-refractivity contribution in [3.8, 4) is 0 Å². The number of hydrogen-bond acceptors (Lipinski definition) is 0. The molecule has 0 spiro atoms. The second-order valence-electron chi connectivity index (χ2n) is 8.90. The first kappa shape index (κ1) is 24.6. The molecule has 0 rings (SSSR count). The van der Waals surface area contributed by atoms with Gasteiger partial charge in [0, 0.05) is 6.54 Å². The Labute approximate surface area is 162 Å². The highest BCUT2D eigenvalue weighted by Crippen LogP contribution is 2.14. The number of hydrogen-bond donors (Lipinski definition) is 0. The van der Waals surface area contributed by atoms with Crippen molar-refractivity contribution >= 4 is 29.8 Å². The minimum atomic E-state index is -0.413. The third-order valence-corrected chi connectivity index (χ3v) is 16.1. The molecule has 0 aliphatic carbocycles. The van der Waals surface area contributed by atoms with Crippen molar-refractivity contribution in [2.24, 2.45) is 0 Å². The third-order valence-electron chi connectivity index (χ3n) is 5.99. The molecule has 0 fully saturated rings. The monoisotopic (exact) mass is 388 g/mol. The minimum absolute atomic E-state index is 0.413. The van der Waals surface area contributed by atoms with E-state index in [1.165, 1.54) is 130 Å². The molecule has 1 nitrogen and oxygen atoms in total. The molecule has 0 aliphatic heterocycles. The van der Waals surface area contributed by atoms with E-state index < -0.39 is 8.96 Å². The molecule has 24 heavy (non-hydrogen) atoms. The van der Waals surface area contributed by atoms with Gasteiger partial charge in [-0.15, -0.1) is 0 Å². The Morgan fingerprint density at radius 2 is 0.833 bits per heavy atom. The summed E-state index contributed by atoms with van der Waals surface area (Å²) in [6.07, 6.45) is 23.7. The second-order valence-corrected chi connectivity index (χ2v) is 20.4. The Kier molecular flexibility index (Phi) is 17.5. The van der Waals surface area contributed by atoms with E-state index in [-0.39, 0.29) is 0 Å². The Balaban J connectivity index is 3.13. The molecule has 0 aromatic heterocycles. The fraction of sp³-hybridized carbons (Fsp3) is 1.00. The van der Waals surface area contributed by atoms with Crippen molar-refractivity contribution in [2.75, 3.05) is 6.54 Å². The van der Waals surface area contributed by atoms with Gasteiger partial charge in [-0.3, -0.25) is 0 Å². The second kappa shape index (κ2) is 17.0. The van der Waals surface area contributed by atoms with Crippen LogP contribution in [0.4, 0.5) is 0 Å². The Morgan fingerprint density at radius 1 is 0.542 bits per heavy atom. The zero-order valence-corrected chi connectivity index (χ0v) is 23.2. The van der Waals surface area contributed by atoms with Crippen LogP contribution in [0.15, 0.2) is 0 Å².